The van der Waals surface area contributed by atoms with Gasteiger partial charge in [-0.2, -0.15) is 0 Å². The van der Waals surface area contributed by atoms with Crippen LogP contribution >= 0.6 is 0 Å². The van der Waals surface area contributed by atoms with Gasteiger partial charge in [0.25, 0.3) is 5.91 Å². The van der Waals surface area contributed by atoms with E-state index in [0.29, 0.717) is 29.2 Å². The first-order valence-corrected chi connectivity index (χ1v) is 9.29. The molecule has 4 rings (SSSR count). The number of carbonyl (C=O) groups excluding carboxylic acids is 1. The molecule has 0 aliphatic carbocycles. The van der Waals surface area contributed by atoms with Crippen molar-refractivity contribution in [2.75, 3.05) is 5.32 Å². The summed E-state index contributed by atoms with van der Waals surface area (Å²) in [4.78, 5) is 16.4. The SMILES string of the molecule is Cc1ncn(-c2ccc(Oc3ccc(NC(=O)c4ccc(F)cc4F)cc3)nn2)c1C. The molecule has 0 saturated carbocycles. The molecule has 0 aliphatic heterocycles. The summed E-state index contributed by atoms with van der Waals surface area (Å²) in [5.41, 5.74) is 2.06. The maximum Gasteiger partial charge on any atom is 0.258 e. The fraction of sp³-hybridized carbons (Fsp3) is 0.0909. The van der Waals surface area contributed by atoms with E-state index >= 15 is 0 Å². The van der Waals surface area contributed by atoms with Crippen LogP contribution in [0.2, 0.25) is 0 Å². The number of halogens is 2. The van der Waals surface area contributed by atoms with Crippen molar-refractivity contribution in [3.63, 3.8) is 0 Å². The van der Waals surface area contributed by atoms with Crippen LogP contribution in [0.3, 0.4) is 0 Å². The van der Waals surface area contributed by atoms with E-state index in [1.165, 1.54) is 0 Å². The summed E-state index contributed by atoms with van der Waals surface area (Å²) in [5, 5.41) is 10.8. The van der Waals surface area contributed by atoms with Gasteiger partial charge in [0.15, 0.2) is 5.82 Å². The van der Waals surface area contributed by atoms with Gasteiger partial charge in [0, 0.05) is 23.5 Å². The summed E-state index contributed by atoms with van der Waals surface area (Å²) in [6, 6.07) is 12.6. The number of nitrogens with zero attached hydrogens (tertiary/aromatic N) is 4. The standard InChI is InChI=1S/C22H17F2N5O2/c1-13-14(2)29(12-25-13)20-9-10-21(28-27-20)31-17-6-4-16(5-7-17)26-22(30)18-8-3-15(23)11-19(18)24/h3-12H,1-2H3,(H,26,30). The minimum absolute atomic E-state index is 0.250. The summed E-state index contributed by atoms with van der Waals surface area (Å²) in [6.07, 6.45) is 1.68. The molecule has 156 valence electrons. The van der Waals surface area contributed by atoms with E-state index in [1.807, 2.05) is 18.4 Å². The maximum absolute atomic E-state index is 13.7. The Kier molecular flexibility index (Phi) is 5.40. The Labute approximate surface area is 176 Å². The van der Waals surface area contributed by atoms with Gasteiger partial charge in [0.05, 0.1) is 11.3 Å². The van der Waals surface area contributed by atoms with Crippen molar-refractivity contribution < 1.29 is 18.3 Å². The number of benzene rings is 2. The zero-order chi connectivity index (χ0) is 22.0. The molecular formula is C22H17F2N5O2. The summed E-state index contributed by atoms with van der Waals surface area (Å²) in [6.45, 7) is 3.86. The van der Waals surface area contributed by atoms with Gasteiger partial charge in [0.2, 0.25) is 5.88 Å². The first-order chi connectivity index (χ1) is 14.9. The second-order valence-electron chi connectivity index (χ2n) is 6.72. The number of hydrogen-bond acceptors (Lipinski definition) is 5. The third-order valence-electron chi connectivity index (χ3n) is 4.63. The molecule has 0 spiro atoms. The third-order valence-corrected chi connectivity index (χ3v) is 4.63. The van der Waals surface area contributed by atoms with Crippen LogP contribution in [0.1, 0.15) is 21.7 Å². The lowest BCUT2D eigenvalue weighted by molar-refractivity contribution is 0.102. The van der Waals surface area contributed by atoms with Gasteiger partial charge < -0.3 is 10.1 Å². The molecular weight excluding hydrogens is 404 g/mol. The Balaban J connectivity index is 1.41. The predicted molar refractivity (Wildman–Crippen MR) is 109 cm³/mol. The Morgan fingerprint density at radius 2 is 1.77 bits per heavy atom. The van der Waals surface area contributed by atoms with Crippen LogP contribution in [0.25, 0.3) is 5.82 Å². The minimum atomic E-state index is -0.930. The number of aryl methyl sites for hydroxylation is 1. The van der Waals surface area contributed by atoms with Crippen LogP contribution in [0.15, 0.2) is 60.9 Å². The Morgan fingerprint density at radius 1 is 1.00 bits per heavy atom. The van der Waals surface area contributed by atoms with E-state index < -0.39 is 17.5 Å². The van der Waals surface area contributed by atoms with Crippen LogP contribution in [-0.4, -0.2) is 25.7 Å². The van der Waals surface area contributed by atoms with Crippen LogP contribution in [0, 0.1) is 25.5 Å². The van der Waals surface area contributed by atoms with Crippen LogP contribution in [0.5, 0.6) is 11.6 Å². The van der Waals surface area contributed by atoms with E-state index in [2.05, 4.69) is 20.5 Å². The van der Waals surface area contributed by atoms with Crippen molar-refractivity contribution in [1.29, 1.82) is 0 Å². The molecule has 1 N–H and O–H groups in total. The van der Waals surface area contributed by atoms with Gasteiger partial charge in [-0.15, -0.1) is 10.2 Å². The Bertz CT molecular complexity index is 1240. The number of hydrogen-bond donors (Lipinski definition) is 1. The highest BCUT2D eigenvalue weighted by Gasteiger charge is 2.13. The lowest BCUT2D eigenvalue weighted by atomic mass is 10.2. The van der Waals surface area contributed by atoms with E-state index in [1.54, 1.807) is 42.7 Å². The van der Waals surface area contributed by atoms with Crippen LogP contribution < -0.4 is 10.1 Å². The third kappa shape index (κ3) is 4.40. The number of carbonyl (C=O) groups is 1. The molecule has 0 aliphatic rings. The first-order valence-electron chi connectivity index (χ1n) is 9.29. The number of nitrogens with one attached hydrogen (secondary N) is 1. The minimum Gasteiger partial charge on any atom is -0.438 e. The molecule has 0 unspecified atom stereocenters. The number of rotatable bonds is 5. The lowest BCUT2D eigenvalue weighted by Crippen LogP contribution is -2.13. The molecule has 0 fully saturated rings. The van der Waals surface area contributed by atoms with Crippen molar-refractivity contribution >= 4 is 11.6 Å². The van der Waals surface area contributed by atoms with Gasteiger partial charge in [-0.1, -0.05) is 0 Å². The summed E-state index contributed by atoms with van der Waals surface area (Å²) >= 11 is 0. The number of ether oxygens (including phenoxy) is 1. The van der Waals surface area contributed by atoms with Gasteiger partial charge >= 0.3 is 0 Å². The van der Waals surface area contributed by atoms with Gasteiger partial charge in [0.1, 0.15) is 23.7 Å². The molecule has 7 nitrogen and oxygen atoms in total. The normalized spacial score (nSPS) is 10.7. The van der Waals surface area contributed by atoms with Crippen molar-refractivity contribution in [3.8, 4) is 17.4 Å². The quantitative estimate of drug-likeness (QED) is 0.509. The Morgan fingerprint density at radius 3 is 2.39 bits per heavy atom. The molecule has 2 aromatic carbocycles. The maximum atomic E-state index is 13.7. The summed E-state index contributed by atoms with van der Waals surface area (Å²) in [5.74, 6) is -0.970. The summed E-state index contributed by atoms with van der Waals surface area (Å²) in [7, 11) is 0. The fourth-order valence-electron chi connectivity index (χ4n) is 2.82. The molecule has 1 amide bonds. The first kappa shape index (κ1) is 20.1. The van der Waals surface area contributed by atoms with Gasteiger partial charge in [-0.25, -0.2) is 13.8 Å². The predicted octanol–water partition coefficient (Wildman–Crippen LogP) is 4.60. The zero-order valence-corrected chi connectivity index (χ0v) is 16.6. The average Bonchev–Trinajstić information content (AvgIpc) is 3.08. The molecule has 2 heterocycles. The number of imidazole rings is 1. The molecule has 2 aromatic heterocycles. The Hall–Kier alpha value is -4.14. The highest BCUT2D eigenvalue weighted by atomic mass is 19.1. The van der Waals surface area contributed by atoms with Crippen molar-refractivity contribution in [3.05, 3.63) is 89.5 Å². The van der Waals surface area contributed by atoms with E-state index in [9.17, 15) is 13.6 Å². The van der Waals surface area contributed by atoms with E-state index in [-0.39, 0.29) is 5.56 Å². The van der Waals surface area contributed by atoms with Gasteiger partial charge in [-0.05, 0) is 56.3 Å². The van der Waals surface area contributed by atoms with Gasteiger partial charge in [-0.3, -0.25) is 9.36 Å². The highest BCUT2D eigenvalue weighted by molar-refractivity contribution is 6.04. The monoisotopic (exact) mass is 421 g/mol. The van der Waals surface area contributed by atoms with Crippen molar-refractivity contribution in [1.82, 2.24) is 19.7 Å². The van der Waals surface area contributed by atoms with Crippen LogP contribution in [-0.2, 0) is 0 Å². The highest BCUT2D eigenvalue weighted by Crippen LogP contribution is 2.22. The second-order valence-corrected chi connectivity index (χ2v) is 6.72. The molecule has 0 radical (unpaired) electrons. The summed E-state index contributed by atoms with van der Waals surface area (Å²) < 4.78 is 34.2. The topological polar surface area (TPSA) is 81.9 Å². The lowest BCUT2D eigenvalue weighted by Gasteiger charge is -2.09. The number of anilines is 1. The van der Waals surface area contributed by atoms with E-state index in [0.717, 1.165) is 23.5 Å². The zero-order valence-electron chi connectivity index (χ0n) is 16.6. The second kappa shape index (κ2) is 8.31. The molecule has 31 heavy (non-hydrogen) atoms. The molecule has 4 aromatic rings. The largest absolute Gasteiger partial charge is 0.438 e. The average molecular weight is 421 g/mol. The van der Waals surface area contributed by atoms with Crippen LogP contribution in [0.4, 0.5) is 14.5 Å². The smallest absolute Gasteiger partial charge is 0.258 e. The molecule has 9 heteroatoms. The molecule has 0 bridgehead atoms. The van der Waals surface area contributed by atoms with Crippen molar-refractivity contribution in [2.45, 2.75) is 13.8 Å². The van der Waals surface area contributed by atoms with Crippen molar-refractivity contribution in [2.24, 2.45) is 0 Å². The van der Waals surface area contributed by atoms with E-state index in [4.69, 9.17) is 4.74 Å². The fourth-order valence-corrected chi connectivity index (χ4v) is 2.82. The number of aromatic nitrogens is 4. The molecule has 0 atom stereocenters. The molecule has 0 saturated heterocycles. The number of amides is 1.